The molecule has 0 aromatic heterocycles. The largest absolute Gasteiger partial charge is 0.462 e. The van der Waals surface area contributed by atoms with Crippen LogP contribution in [0.4, 0.5) is 0 Å². The van der Waals surface area contributed by atoms with Gasteiger partial charge < -0.3 is 85.3 Å². The standard InChI is InChI=1S/C71H136O20/c1-6-8-10-12-14-16-18-20-22-24-26-28-30-32-34-36-69(72)90-63-68(91-70(73)37-35-33-31-29-27-25-23-21-19-17-15-13-11-9-7-2)62-89-67-71(64-86-59-56-83-53-50-80-47-44-77-41-38-74-3,65-87-60-57-84-54-51-81-48-45-78-42-39-75-4)66-88-61-58-85-55-52-82-49-46-79-43-40-76-5/h20-23,68H,6-19,24-67H2,1-5H3. The zero-order valence-electron chi connectivity index (χ0n) is 58.6. The van der Waals surface area contributed by atoms with E-state index in [0.29, 0.717) is 152 Å². The average molecular weight is 1310 g/mol. The minimum absolute atomic E-state index is 0.0256. The highest BCUT2D eigenvalue weighted by Gasteiger charge is 2.33. The summed E-state index contributed by atoms with van der Waals surface area (Å²) in [5.74, 6) is -0.661. The molecule has 0 N–H and O–H groups in total. The summed E-state index contributed by atoms with van der Waals surface area (Å²) >= 11 is 0. The van der Waals surface area contributed by atoms with E-state index in [-0.39, 0.29) is 77.8 Å². The van der Waals surface area contributed by atoms with Crippen LogP contribution in [0.3, 0.4) is 0 Å². The predicted molar refractivity (Wildman–Crippen MR) is 358 cm³/mol. The summed E-state index contributed by atoms with van der Waals surface area (Å²) in [6.07, 6.45) is 39.5. The SMILES string of the molecule is CCCCCCCCC=CCCCCCCCC(=O)OCC(COCC(COCCOCCOCCOCCOC)(COCCOCCOCCOCCOC)COCCOCCOCCOCCOC)OC(=O)CCCCCCCC=CCCCCCCCC. The van der Waals surface area contributed by atoms with Crippen LogP contribution < -0.4 is 0 Å². The van der Waals surface area contributed by atoms with E-state index in [2.05, 4.69) is 38.2 Å². The second-order valence-electron chi connectivity index (χ2n) is 23.1. The Morgan fingerprint density at radius 3 is 0.846 bits per heavy atom. The van der Waals surface area contributed by atoms with Crippen LogP contribution in [-0.4, -0.2) is 238 Å². The fraction of sp³-hybridized carbons (Fsp3) is 0.915. The first-order valence-electron chi connectivity index (χ1n) is 35.6. The second kappa shape index (κ2) is 76.8. The zero-order valence-corrected chi connectivity index (χ0v) is 58.6. The number of esters is 2. The number of rotatable bonds is 79. The summed E-state index contributed by atoms with van der Waals surface area (Å²) in [4.78, 5) is 26.7. The highest BCUT2D eigenvalue weighted by Crippen LogP contribution is 2.22. The predicted octanol–water partition coefficient (Wildman–Crippen LogP) is 12.7. The molecule has 91 heavy (non-hydrogen) atoms. The van der Waals surface area contributed by atoms with Crippen molar-refractivity contribution in [2.75, 3.05) is 220 Å². The van der Waals surface area contributed by atoms with Gasteiger partial charge in [-0.05, 0) is 64.2 Å². The van der Waals surface area contributed by atoms with Gasteiger partial charge in [-0.1, -0.05) is 141 Å². The van der Waals surface area contributed by atoms with Gasteiger partial charge in [0.25, 0.3) is 0 Å². The Bertz CT molecular complexity index is 1420. The van der Waals surface area contributed by atoms with Crippen LogP contribution >= 0.6 is 0 Å². The third kappa shape index (κ3) is 70.4. The number of ether oxygens (including phenoxy) is 18. The van der Waals surface area contributed by atoms with Gasteiger partial charge in [0.05, 0.1) is 197 Å². The molecule has 0 radical (unpaired) electrons. The van der Waals surface area contributed by atoms with Gasteiger partial charge in [-0.25, -0.2) is 0 Å². The molecule has 0 amide bonds. The number of hydrogen-bond donors (Lipinski definition) is 0. The molecule has 0 spiro atoms. The van der Waals surface area contributed by atoms with Gasteiger partial charge in [0.2, 0.25) is 0 Å². The van der Waals surface area contributed by atoms with Crippen molar-refractivity contribution in [3.8, 4) is 0 Å². The smallest absolute Gasteiger partial charge is 0.306 e. The summed E-state index contributed by atoms with van der Waals surface area (Å²) in [5, 5.41) is 0. The molecule has 540 valence electrons. The molecule has 20 heteroatoms. The quantitative estimate of drug-likeness (QED) is 0.0316. The lowest BCUT2D eigenvalue weighted by molar-refractivity contribution is -0.166. The molecule has 0 bridgehead atoms. The molecule has 0 aliphatic carbocycles. The molecule has 1 unspecified atom stereocenters. The molecule has 0 aliphatic heterocycles. The van der Waals surface area contributed by atoms with Crippen LogP contribution in [0.15, 0.2) is 24.3 Å². The Balaban J connectivity index is 5.89. The lowest BCUT2D eigenvalue weighted by atomic mass is 9.92. The summed E-state index contributed by atoms with van der Waals surface area (Å²) in [7, 11) is 4.92. The van der Waals surface area contributed by atoms with Crippen molar-refractivity contribution in [3.05, 3.63) is 24.3 Å². The first-order chi connectivity index (χ1) is 45.0. The lowest BCUT2D eigenvalue weighted by Crippen LogP contribution is -2.43. The van der Waals surface area contributed by atoms with Gasteiger partial charge in [0, 0.05) is 34.2 Å². The van der Waals surface area contributed by atoms with E-state index < -0.39 is 11.5 Å². The van der Waals surface area contributed by atoms with Gasteiger partial charge >= 0.3 is 11.9 Å². The van der Waals surface area contributed by atoms with E-state index in [1.54, 1.807) is 21.3 Å². The number of unbranched alkanes of at least 4 members (excludes halogenated alkanes) is 22. The lowest BCUT2D eigenvalue weighted by Gasteiger charge is -2.33. The van der Waals surface area contributed by atoms with E-state index in [9.17, 15) is 9.59 Å². The first kappa shape index (κ1) is 88.8. The molecule has 0 fully saturated rings. The van der Waals surface area contributed by atoms with Crippen molar-refractivity contribution < 1.29 is 94.9 Å². The first-order valence-corrected chi connectivity index (χ1v) is 35.6. The van der Waals surface area contributed by atoms with Crippen LogP contribution in [0.5, 0.6) is 0 Å². The molecule has 0 saturated heterocycles. The minimum Gasteiger partial charge on any atom is -0.462 e. The molecule has 0 heterocycles. The van der Waals surface area contributed by atoms with E-state index >= 15 is 0 Å². The Kier molecular flexibility index (Phi) is 74.9. The van der Waals surface area contributed by atoms with Crippen molar-refractivity contribution in [3.63, 3.8) is 0 Å². The van der Waals surface area contributed by atoms with Crippen LogP contribution in [0.2, 0.25) is 0 Å². The second-order valence-corrected chi connectivity index (χ2v) is 23.1. The molecule has 0 rings (SSSR count). The number of methoxy groups -OCH3 is 3. The van der Waals surface area contributed by atoms with E-state index in [1.807, 2.05) is 0 Å². The topological polar surface area (TPSA) is 200 Å². The fourth-order valence-electron chi connectivity index (χ4n) is 9.23. The van der Waals surface area contributed by atoms with Gasteiger partial charge in [-0.2, -0.15) is 0 Å². The molecular formula is C71H136O20. The normalized spacial score (nSPS) is 12.4. The Hall–Kier alpha value is -2.22. The molecule has 20 nitrogen and oxygen atoms in total. The summed E-state index contributed by atoms with van der Waals surface area (Å²) in [5.41, 5.74) is -0.845. The minimum atomic E-state index is -0.845. The molecule has 1 atom stereocenters. The average Bonchev–Trinajstić information content (AvgIpc) is 2.93. The number of allylic oxidation sites excluding steroid dienone is 4. The van der Waals surface area contributed by atoms with Gasteiger partial charge in [0.15, 0.2) is 6.10 Å². The van der Waals surface area contributed by atoms with Crippen LogP contribution in [-0.2, 0) is 94.9 Å². The molecular weight excluding hydrogens is 1170 g/mol. The Morgan fingerprint density at radius 1 is 0.286 bits per heavy atom. The number of hydrogen-bond acceptors (Lipinski definition) is 20. The third-order valence-electron chi connectivity index (χ3n) is 14.6. The fourth-order valence-corrected chi connectivity index (χ4v) is 9.23. The van der Waals surface area contributed by atoms with Crippen molar-refractivity contribution in [2.24, 2.45) is 5.41 Å². The van der Waals surface area contributed by atoms with E-state index in [0.717, 1.165) is 70.6 Å². The molecule has 0 aromatic rings. The highest BCUT2D eigenvalue weighted by atomic mass is 16.6. The van der Waals surface area contributed by atoms with Gasteiger partial charge in [-0.3, -0.25) is 9.59 Å². The van der Waals surface area contributed by atoms with Crippen molar-refractivity contribution in [2.45, 2.75) is 200 Å². The zero-order chi connectivity index (χ0) is 65.8. The monoisotopic (exact) mass is 1310 g/mol. The summed E-state index contributed by atoms with van der Waals surface area (Å²) in [6, 6.07) is 0. The number of carbonyl (C=O) groups is 2. The van der Waals surface area contributed by atoms with Crippen molar-refractivity contribution in [1.29, 1.82) is 0 Å². The van der Waals surface area contributed by atoms with Crippen LogP contribution in [0.1, 0.15) is 194 Å². The molecule has 0 saturated carbocycles. The van der Waals surface area contributed by atoms with Gasteiger partial charge in [-0.15, -0.1) is 0 Å². The summed E-state index contributed by atoms with van der Waals surface area (Å²) in [6.45, 7) is 15.2. The van der Waals surface area contributed by atoms with E-state index in [1.165, 1.54) is 89.9 Å². The van der Waals surface area contributed by atoms with Crippen molar-refractivity contribution in [1.82, 2.24) is 0 Å². The Morgan fingerprint density at radius 2 is 0.538 bits per heavy atom. The Labute approximate surface area is 553 Å². The maximum absolute atomic E-state index is 13.5. The maximum Gasteiger partial charge on any atom is 0.306 e. The molecule has 0 aliphatic rings. The third-order valence-corrected chi connectivity index (χ3v) is 14.6. The highest BCUT2D eigenvalue weighted by molar-refractivity contribution is 5.70. The summed E-state index contributed by atoms with van der Waals surface area (Å²) < 4.78 is 103. The maximum atomic E-state index is 13.5. The molecule has 0 aromatic carbocycles. The van der Waals surface area contributed by atoms with Crippen LogP contribution in [0.25, 0.3) is 0 Å². The van der Waals surface area contributed by atoms with Gasteiger partial charge in [0.1, 0.15) is 6.61 Å². The number of carbonyl (C=O) groups excluding carboxylic acids is 2. The van der Waals surface area contributed by atoms with E-state index in [4.69, 9.17) is 85.3 Å². The van der Waals surface area contributed by atoms with Crippen molar-refractivity contribution >= 4 is 11.9 Å². The van der Waals surface area contributed by atoms with Crippen LogP contribution in [0, 0.1) is 5.41 Å².